The SMILES string of the molecule is CCCc1ccc(C(CC(=O)O)c2ccc(C)c(N=NC)c2C)cc1CC. The summed E-state index contributed by atoms with van der Waals surface area (Å²) >= 11 is 0. The number of aliphatic carboxylic acids is 1. The smallest absolute Gasteiger partial charge is 0.304 e. The molecule has 0 aliphatic carbocycles. The zero-order valence-corrected chi connectivity index (χ0v) is 17.0. The third-order valence-corrected chi connectivity index (χ3v) is 5.16. The van der Waals surface area contributed by atoms with Crippen molar-refractivity contribution in [2.45, 2.75) is 59.3 Å². The van der Waals surface area contributed by atoms with Gasteiger partial charge in [0, 0.05) is 13.0 Å². The highest BCUT2D eigenvalue weighted by Gasteiger charge is 2.22. The Labute approximate surface area is 162 Å². The number of carbonyl (C=O) groups is 1. The lowest BCUT2D eigenvalue weighted by Crippen LogP contribution is -2.10. The third-order valence-electron chi connectivity index (χ3n) is 5.16. The molecule has 2 rings (SSSR count). The number of aryl methyl sites for hydroxylation is 3. The maximum Gasteiger partial charge on any atom is 0.304 e. The van der Waals surface area contributed by atoms with E-state index in [1.165, 1.54) is 11.1 Å². The Hall–Kier alpha value is -2.49. The summed E-state index contributed by atoms with van der Waals surface area (Å²) in [6, 6.07) is 10.5. The highest BCUT2D eigenvalue weighted by Crippen LogP contribution is 2.37. The molecule has 1 N–H and O–H groups in total. The lowest BCUT2D eigenvalue weighted by Gasteiger charge is -2.21. The fourth-order valence-electron chi connectivity index (χ4n) is 3.77. The summed E-state index contributed by atoms with van der Waals surface area (Å²) in [4.78, 5) is 11.6. The summed E-state index contributed by atoms with van der Waals surface area (Å²) in [6.07, 6.45) is 3.17. The Morgan fingerprint density at radius 2 is 1.85 bits per heavy atom. The Morgan fingerprint density at radius 3 is 2.44 bits per heavy atom. The van der Waals surface area contributed by atoms with Gasteiger partial charge in [-0.25, -0.2) is 0 Å². The Morgan fingerprint density at radius 1 is 1.11 bits per heavy atom. The highest BCUT2D eigenvalue weighted by atomic mass is 16.4. The molecule has 0 saturated heterocycles. The number of hydrogen-bond acceptors (Lipinski definition) is 3. The molecule has 0 heterocycles. The van der Waals surface area contributed by atoms with Crippen LogP contribution < -0.4 is 0 Å². The van der Waals surface area contributed by atoms with Gasteiger partial charge in [-0.05, 0) is 60.1 Å². The van der Waals surface area contributed by atoms with Gasteiger partial charge in [0.2, 0.25) is 0 Å². The number of rotatable bonds is 8. The zero-order chi connectivity index (χ0) is 20.0. The molecule has 1 unspecified atom stereocenters. The molecule has 0 fully saturated rings. The highest BCUT2D eigenvalue weighted by molar-refractivity contribution is 5.70. The third kappa shape index (κ3) is 4.82. The van der Waals surface area contributed by atoms with Crippen LogP contribution in [0.5, 0.6) is 0 Å². The maximum atomic E-state index is 11.6. The molecule has 0 aromatic heterocycles. The number of hydrogen-bond donors (Lipinski definition) is 1. The Balaban J connectivity index is 2.60. The molecule has 144 valence electrons. The summed E-state index contributed by atoms with van der Waals surface area (Å²) < 4.78 is 0. The van der Waals surface area contributed by atoms with Crippen molar-refractivity contribution in [3.63, 3.8) is 0 Å². The van der Waals surface area contributed by atoms with Crippen molar-refractivity contribution < 1.29 is 9.90 Å². The van der Waals surface area contributed by atoms with Crippen molar-refractivity contribution in [1.82, 2.24) is 0 Å². The molecule has 0 saturated carbocycles. The van der Waals surface area contributed by atoms with E-state index < -0.39 is 5.97 Å². The fourth-order valence-corrected chi connectivity index (χ4v) is 3.77. The lowest BCUT2D eigenvalue weighted by atomic mass is 9.83. The van der Waals surface area contributed by atoms with Crippen LogP contribution >= 0.6 is 0 Å². The van der Waals surface area contributed by atoms with Gasteiger partial charge in [0.15, 0.2) is 0 Å². The molecular formula is C23H30N2O2. The molecule has 1 atom stereocenters. The first kappa shape index (κ1) is 20.8. The summed E-state index contributed by atoms with van der Waals surface area (Å²) in [5.74, 6) is -0.996. The standard InChI is InChI=1S/C23H30N2O2/c1-6-8-18-10-11-19(13-17(18)7-2)21(14-22(26)27)20-12-9-15(3)23(16(20)4)25-24-5/h9-13,21H,6-8,14H2,1-5H3,(H,26,27). The van der Waals surface area contributed by atoms with Crippen molar-refractivity contribution in [1.29, 1.82) is 0 Å². The first-order chi connectivity index (χ1) is 12.9. The zero-order valence-electron chi connectivity index (χ0n) is 17.0. The number of carboxylic acid groups (broad SMARTS) is 1. The largest absolute Gasteiger partial charge is 0.481 e. The predicted octanol–water partition coefficient (Wildman–Crippen LogP) is 6.14. The van der Waals surface area contributed by atoms with E-state index >= 15 is 0 Å². The Kier molecular flexibility index (Phi) is 7.28. The van der Waals surface area contributed by atoms with Crippen molar-refractivity contribution in [2.24, 2.45) is 10.2 Å². The molecule has 2 aromatic carbocycles. The molecule has 4 nitrogen and oxygen atoms in total. The van der Waals surface area contributed by atoms with Gasteiger partial charge in [-0.15, -0.1) is 0 Å². The van der Waals surface area contributed by atoms with E-state index in [9.17, 15) is 9.90 Å². The molecule has 0 amide bonds. The number of carboxylic acids is 1. The molecule has 0 bridgehead atoms. The second kappa shape index (κ2) is 9.45. The monoisotopic (exact) mass is 366 g/mol. The minimum Gasteiger partial charge on any atom is -0.481 e. The van der Waals surface area contributed by atoms with Gasteiger partial charge in [-0.2, -0.15) is 10.2 Å². The van der Waals surface area contributed by atoms with Gasteiger partial charge in [0.25, 0.3) is 0 Å². The average Bonchev–Trinajstić information content (AvgIpc) is 2.64. The van der Waals surface area contributed by atoms with Gasteiger partial charge < -0.3 is 5.11 Å². The second-order valence-electron chi connectivity index (χ2n) is 7.03. The van der Waals surface area contributed by atoms with Crippen LogP contribution in [0.1, 0.15) is 66.0 Å². The Bertz CT molecular complexity index is 841. The first-order valence-electron chi connectivity index (χ1n) is 9.66. The van der Waals surface area contributed by atoms with E-state index in [2.05, 4.69) is 42.3 Å². The molecular weight excluding hydrogens is 336 g/mol. The van der Waals surface area contributed by atoms with E-state index in [1.54, 1.807) is 7.05 Å². The maximum absolute atomic E-state index is 11.6. The van der Waals surface area contributed by atoms with Gasteiger partial charge in [-0.3, -0.25) is 4.79 Å². The van der Waals surface area contributed by atoms with Crippen LogP contribution in [0, 0.1) is 13.8 Å². The van der Waals surface area contributed by atoms with Gasteiger partial charge in [-0.1, -0.05) is 50.6 Å². The van der Waals surface area contributed by atoms with Crippen LogP contribution in [0.3, 0.4) is 0 Å². The first-order valence-corrected chi connectivity index (χ1v) is 9.66. The minimum atomic E-state index is -0.797. The van der Waals surface area contributed by atoms with E-state index in [0.29, 0.717) is 0 Å². The van der Waals surface area contributed by atoms with Crippen LogP contribution in [-0.2, 0) is 17.6 Å². The molecule has 27 heavy (non-hydrogen) atoms. The normalized spacial score (nSPS) is 12.5. The molecule has 4 heteroatoms. The van der Waals surface area contributed by atoms with Crippen molar-refractivity contribution in [3.8, 4) is 0 Å². The van der Waals surface area contributed by atoms with Gasteiger partial charge in [0.1, 0.15) is 0 Å². The van der Waals surface area contributed by atoms with Crippen LogP contribution in [-0.4, -0.2) is 18.1 Å². The van der Waals surface area contributed by atoms with Crippen molar-refractivity contribution in [3.05, 3.63) is 63.7 Å². The lowest BCUT2D eigenvalue weighted by molar-refractivity contribution is -0.137. The molecule has 0 aliphatic heterocycles. The van der Waals surface area contributed by atoms with Gasteiger partial charge >= 0.3 is 5.97 Å². The predicted molar refractivity (Wildman–Crippen MR) is 110 cm³/mol. The van der Waals surface area contributed by atoms with E-state index in [0.717, 1.165) is 47.2 Å². The van der Waals surface area contributed by atoms with Crippen LogP contribution in [0.25, 0.3) is 0 Å². The van der Waals surface area contributed by atoms with Crippen LogP contribution in [0.2, 0.25) is 0 Å². The molecule has 2 aromatic rings. The quantitative estimate of drug-likeness (QED) is 0.570. The van der Waals surface area contributed by atoms with Crippen LogP contribution in [0.15, 0.2) is 40.6 Å². The molecule has 0 spiro atoms. The minimum absolute atomic E-state index is 0.0584. The van der Waals surface area contributed by atoms with Crippen molar-refractivity contribution in [2.75, 3.05) is 7.05 Å². The van der Waals surface area contributed by atoms with E-state index in [4.69, 9.17) is 0 Å². The molecule has 0 radical (unpaired) electrons. The number of azo groups is 1. The van der Waals surface area contributed by atoms with Crippen molar-refractivity contribution >= 4 is 11.7 Å². The summed E-state index contributed by atoms with van der Waals surface area (Å²) in [5.41, 5.74) is 7.62. The summed E-state index contributed by atoms with van der Waals surface area (Å²) in [7, 11) is 1.65. The molecule has 0 aliphatic rings. The number of nitrogens with zero attached hydrogens (tertiary/aromatic N) is 2. The van der Waals surface area contributed by atoms with Gasteiger partial charge in [0.05, 0.1) is 12.1 Å². The van der Waals surface area contributed by atoms with E-state index in [1.807, 2.05) is 26.0 Å². The average molecular weight is 367 g/mol. The second-order valence-corrected chi connectivity index (χ2v) is 7.03. The number of benzene rings is 2. The topological polar surface area (TPSA) is 62.0 Å². The fraction of sp³-hybridized carbons (Fsp3) is 0.435. The van der Waals surface area contributed by atoms with Crippen LogP contribution in [0.4, 0.5) is 5.69 Å². The summed E-state index contributed by atoms with van der Waals surface area (Å²) in [6.45, 7) is 8.34. The van der Waals surface area contributed by atoms with E-state index in [-0.39, 0.29) is 12.3 Å². The summed E-state index contributed by atoms with van der Waals surface area (Å²) in [5, 5.41) is 17.7.